The van der Waals surface area contributed by atoms with Gasteiger partial charge in [0.1, 0.15) is 5.82 Å². The van der Waals surface area contributed by atoms with E-state index in [1.165, 1.54) is 12.3 Å². The van der Waals surface area contributed by atoms with Crippen molar-refractivity contribution in [1.29, 1.82) is 0 Å². The summed E-state index contributed by atoms with van der Waals surface area (Å²) in [5, 5.41) is 3.75. The van der Waals surface area contributed by atoms with E-state index in [1.54, 1.807) is 18.2 Å². The zero-order chi connectivity index (χ0) is 14.2. The number of carbonyl (C=O) groups is 1. The molecule has 0 unspecified atom stereocenters. The SMILES string of the molecule is O=C(CCc1ccccc1)NN=Cc1ccccc1F. The third-order valence-electron chi connectivity index (χ3n) is 2.78. The summed E-state index contributed by atoms with van der Waals surface area (Å²) in [7, 11) is 0. The van der Waals surface area contributed by atoms with Gasteiger partial charge in [-0.2, -0.15) is 5.10 Å². The van der Waals surface area contributed by atoms with E-state index in [-0.39, 0.29) is 11.7 Å². The lowest BCUT2D eigenvalue weighted by Crippen LogP contribution is -2.18. The molecule has 0 saturated heterocycles. The highest BCUT2D eigenvalue weighted by Gasteiger charge is 2.01. The van der Waals surface area contributed by atoms with Gasteiger partial charge < -0.3 is 0 Å². The molecule has 20 heavy (non-hydrogen) atoms. The van der Waals surface area contributed by atoms with Crippen LogP contribution in [0.5, 0.6) is 0 Å². The number of rotatable bonds is 5. The molecule has 0 aromatic heterocycles. The zero-order valence-electron chi connectivity index (χ0n) is 10.9. The Labute approximate surface area is 117 Å². The molecule has 0 bridgehead atoms. The molecule has 0 aliphatic carbocycles. The molecule has 0 heterocycles. The Morgan fingerprint density at radius 1 is 1.10 bits per heavy atom. The van der Waals surface area contributed by atoms with E-state index in [1.807, 2.05) is 30.3 Å². The summed E-state index contributed by atoms with van der Waals surface area (Å²) in [5.41, 5.74) is 3.83. The van der Waals surface area contributed by atoms with Gasteiger partial charge >= 0.3 is 0 Å². The minimum absolute atomic E-state index is 0.193. The van der Waals surface area contributed by atoms with Crippen molar-refractivity contribution in [1.82, 2.24) is 5.43 Å². The molecule has 2 rings (SSSR count). The number of nitrogens with one attached hydrogen (secondary N) is 1. The molecule has 0 aliphatic rings. The van der Waals surface area contributed by atoms with Crippen molar-refractivity contribution in [3.63, 3.8) is 0 Å². The van der Waals surface area contributed by atoms with Crippen molar-refractivity contribution in [3.8, 4) is 0 Å². The molecule has 0 atom stereocenters. The molecule has 2 aromatic rings. The van der Waals surface area contributed by atoms with Gasteiger partial charge in [0.25, 0.3) is 0 Å². The van der Waals surface area contributed by atoms with Crippen molar-refractivity contribution in [3.05, 3.63) is 71.5 Å². The first-order chi connectivity index (χ1) is 9.75. The van der Waals surface area contributed by atoms with Crippen LogP contribution in [0.1, 0.15) is 17.5 Å². The molecule has 102 valence electrons. The van der Waals surface area contributed by atoms with Gasteiger partial charge in [-0.1, -0.05) is 48.5 Å². The first-order valence-electron chi connectivity index (χ1n) is 6.36. The zero-order valence-corrected chi connectivity index (χ0v) is 10.9. The monoisotopic (exact) mass is 270 g/mol. The molecular formula is C16H15FN2O. The maximum atomic E-state index is 13.3. The van der Waals surface area contributed by atoms with E-state index in [2.05, 4.69) is 10.5 Å². The summed E-state index contributed by atoms with van der Waals surface area (Å²) in [6, 6.07) is 16.0. The topological polar surface area (TPSA) is 41.5 Å². The Balaban J connectivity index is 1.79. The number of carbonyl (C=O) groups excluding carboxylic acids is 1. The number of hydrazone groups is 1. The molecule has 1 N–H and O–H groups in total. The molecule has 0 radical (unpaired) electrons. The fraction of sp³-hybridized carbons (Fsp3) is 0.125. The van der Waals surface area contributed by atoms with Gasteiger partial charge in [0, 0.05) is 12.0 Å². The highest BCUT2D eigenvalue weighted by Crippen LogP contribution is 2.03. The van der Waals surface area contributed by atoms with Crippen LogP contribution in [0.25, 0.3) is 0 Å². The summed E-state index contributed by atoms with van der Waals surface area (Å²) < 4.78 is 13.3. The lowest BCUT2D eigenvalue weighted by Gasteiger charge is -2.00. The standard InChI is InChI=1S/C16H15FN2O/c17-15-9-5-4-8-14(15)12-18-19-16(20)11-10-13-6-2-1-3-7-13/h1-9,12H,10-11H2,(H,19,20). The molecule has 2 aromatic carbocycles. The number of amides is 1. The first kappa shape index (κ1) is 13.9. The number of hydrogen-bond donors (Lipinski definition) is 1. The normalized spacial score (nSPS) is 10.7. The number of halogens is 1. The van der Waals surface area contributed by atoms with E-state index < -0.39 is 0 Å². The van der Waals surface area contributed by atoms with Gasteiger partial charge in [-0.25, -0.2) is 9.82 Å². The van der Waals surface area contributed by atoms with Gasteiger partial charge in [0.05, 0.1) is 6.21 Å². The van der Waals surface area contributed by atoms with Gasteiger partial charge in [-0.05, 0) is 18.1 Å². The van der Waals surface area contributed by atoms with E-state index >= 15 is 0 Å². The number of nitrogens with zero attached hydrogens (tertiary/aromatic N) is 1. The van der Waals surface area contributed by atoms with E-state index in [4.69, 9.17) is 0 Å². The van der Waals surface area contributed by atoms with E-state index in [0.717, 1.165) is 5.56 Å². The lowest BCUT2D eigenvalue weighted by molar-refractivity contribution is -0.121. The highest BCUT2D eigenvalue weighted by molar-refractivity contribution is 5.82. The van der Waals surface area contributed by atoms with Crippen LogP contribution < -0.4 is 5.43 Å². The second-order valence-corrected chi connectivity index (χ2v) is 4.30. The molecule has 0 spiro atoms. The third kappa shape index (κ3) is 4.31. The summed E-state index contributed by atoms with van der Waals surface area (Å²) in [6.07, 6.45) is 2.30. The Bertz CT molecular complexity index is 596. The van der Waals surface area contributed by atoms with Crippen LogP contribution in [0.2, 0.25) is 0 Å². The fourth-order valence-electron chi connectivity index (χ4n) is 1.71. The fourth-order valence-corrected chi connectivity index (χ4v) is 1.71. The molecule has 0 saturated carbocycles. The average molecular weight is 270 g/mol. The van der Waals surface area contributed by atoms with Crippen molar-refractivity contribution >= 4 is 12.1 Å². The second-order valence-electron chi connectivity index (χ2n) is 4.30. The Kier molecular flexibility index (Phi) is 5.00. The largest absolute Gasteiger partial charge is 0.273 e. The van der Waals surface area contributed by atoms with Gasteiger partial charge in [-0.3, -0.25) is 4.79 Å². The van der Waals surface area contributed by atoms with Crippen molar-refractivity contribution in [2.45, 2.75) is 12.8 Å². The Hall–Kier alpha value is -2.49. The predicted octanol–water partition coefficient (Wildman–Crippen LogP) is 2.91. The predicted molar refractivity (Wildman–Crippen MR) is 76.9 cm³/mol. The molecule has 0 aliphatic heterocycles. The number of hydrogen-bond acceptors (Lipinski definition) is 2. The van der Waals surface area contributed by atoms with Crippen molar-refractivity contribution in [2.75, 3.05) is 0 Å². The Morgan fingerprint density at radius 2 is 1.80 bits per heavy atom. The van der Waals surface area contributed by atoms with Crippen LogP contribution in [0.4, 0.5) is 4.39 Å². The van der Waals surface area contributed by atoms with Crippen molar-refractivity contribution in [2.24, 2.45) is 5.10 Å². The molecule has 3 nitrogen and oxygen atoms in total. The van der Waals surface area contributed by atoms with Gasteiger partial charge in [0.2, 0.25) is 5.91 Å². The number of benzene rings is 2. The second kappa shape index (κ2) is 7.19. The summed E-state index contributed by atoms with van der Waals surface area (Å²) in [5.74, 6) is -0.559. The smallest absolute Gasteiger partial charge is 0.240 e. The Morgan fingerprint density at radius 3 is 2.55 bits per heavy atom. The van der Waals surface area contributed by atoms with E-state index in [0.29, 0.717) is 18.4 Å². The van der Waals surface area contributed by atoms with Crippen LogP contribution in [-0.2, 0) is 11.2 Å². The summed E-state index contributed by atoms with van der Waals surface area (Å²) in [6.45, 7) is 0. The molecular weight excluding hydrogens is 255 g/mol. The van der Waals surface area contributed by atoms with E-state index in [9.17, 15) is 9.18 Å². The van der Waals surface area contributed by atoms with Crippen LogP contribution in [0.15, 0.2) is 59.7 Å². The minimum Gasteiger partial charge on any atom is -0.273 e. The molecule has 4 heteroatoms. The maximum absolute atomic E-state index is 13.3. The summed E-state index contributed by atoms with van der Waals surface area (Å²) in [4.78, 5) is 11.6. The third-order valence-corrected chi connectivity index (χ3v) is 2.78. The number of aryl methyl sites for hydroxylation is 1. The average Bonchev–Trinajstić information content (AvgIpc) is 2.48. The minimum atomic E-state index is -0.366. The van der Waals surface area contributed by atoms with Crippen molar-refractivity contribution < 1.29 is 9.18 Å². The van der Waals surface area contributed by atoms with Gasteiger partial charge in [0.15, 0.2) is 0 Å². The molecule has 1 amide bonds. The first-order valence-corrected chi connectivity index (χ1v) is 6.36. The summed E-state index contributed by atoms with van der Waals surface area (Å²) >= 11 is 0. The van der Waals surface area contributed by atoms with Gasteiger partial charge in [-0.15, -0.1) is 0 Å². The quantitative estimate of drug-likeness (QED) is 0.658. The molecule has 0 fully saturated rings. The lowest BCUT2D eigenvalue weighted by atomic mass is 10.1. The van der Waals surface area contributed by atoms with Crippen LogP contribution in [-0.4, -0.2) is 12.1 Å². The van der Waals surface area contributed by atoms with Crippen LogP contribution >= 0.6 is 0 Å². The maximum Gasteiger partial charge on any atom is 0.240 e. The van der Waals surface area contributed by atoms with Crippen LogP contribution in [0.3, 0.4) is 0 Å². The highest BCUT2D eigenvalue weighted by atomic mass is 19.1. The van der Waals surface area contributed by atoms with Crippen LogP contribution in [0, 0.1) is 5.82 Å².